The van der Waals surface area contributed by atoms with Crippen molar-refractivity contribution in [3.63, 3.8) is 0 Å². The number of hydrogen-bond acceptors (Lipinski definition) is 5. The summed E-state index contributed by atoms with van der Waals surface area (Å²) in [7, 11) is 0. The van der Waals surface area contributed by atoms with Gasteiger partial charge in [-0.3, -0.25) is 5.32 Å². The molecule has 0 aromatic carbocycles. The van der Waals surface area contributed by atoms with Gasteiger partial charge in [0.05, 0.1) is 0 Å². The Hall–Kier alpha value is 0.836. The molecule has 0 aliphatic carbocycles. The summed E-state index contributed by atoms with van der Waals surface area (Å²) in [5.41, 5.74) is 0. The van der Waals surface area contributed by atoms with E-state index in [4.69, 9.17) is 10.7 Å². The Labute approximate surface area is 117 Å². The molecule has 0 aliphatic heterocycles. The number of hydrogen-bond donors (Lipinski definition) is 2. The molecule has 0 aromatic rings. The molecule has 0 atom stereocenters. The molecule has 0 fully saturated rings. The zero-order valence-corrected chi connectivity index (χ0v) is 10.6. The van der Waals surface area contributed by atoms with Gasteiger partial charge in [0, 0.05) is 5.75 Å². The van der Waals surface area contributed by atoms with Crippen molar-refractivity contribution < 1.29 is 56.5 Å². The van der Waals surface area contributed by atoms with Crippen molar-refractivity contribution in [3.05, 3.63) is 0 Å². The summed E-state index contributed by atoms with van der Waals surface area (Å²) in [6.45, 7) is 0. The fraction of sp³-hybridized carbons (Fsp3) is 0.250. The van der Waals surface area contributed by atoms with Gasteiger partial charge in [-0.1, -0.05) is 24.0 Å². The maximum absolute atomic E-state index is 10.0. The van der Waals surface area contributed by atoms with Crippen LogP contribution in [0.25, 0.3) is 0 Å². The first-order chi connectivity index (χ1) is 4.66. The van der Waals surface area contributed by atoms with E-state index in [9.17, 15) is 5.11 Å². The SMILES string of the molecule is N#CNC(=S)SCC(=N)[O-].[K+]. The summed E-state index contributed by atoms with van der Waals surface area (Å²) >= 11 is 5.54. The number of thiocarbonyl (C=S) groups is 1. The van der Waals surface area contributed by atoms with E-state index in [2.05, 4.69) is 17.5 Å². The molecule has 0 spiro atoms. The average Bonchev–Trinajstić information content (AvgIpc) is 1.85. The molecule has 0 radical (unpaired) electrons. The van der Waals surface area contributed by atoms with Gasteiger partial charge in [-0.15, -0.1) is 0 Å². The third kappa shape index (κ3) is 10.8. The van der Waals surface area contributed by atoms with Crippen molar-refractivity contribution in [3.8, 4) is 6.19 Å². The molecule has 0 unspecified atom stereocenters. The second-order valence-electron chi connectivity index (χ2n) is 1.24. The van der Waals surface area contributed by atoms with Crippen molar-refractivity contribution in [1.29, 1.82) is 10.7 Å². The van der Waals surface area contributed by atoms with E-state index in [1.807, 2.05) is 0 Å². The summed E-state index contributed by atoms with van der Waals surface area (Å²) in [6, 6.07) is 0. The van der Waals surface area contributed by atoms with Crippen LogP contribution in [-0.2, 0) is 0 Å². The average molecular weight is 213 g/mol. The minimum Gasteiger partial charge on any atom is -0.862 e. The van der Waals surface area contributed by atoms with Crippen molar-refractivity contribution in [2.75, 3.05) is 5.75 Å². The number of thioether (sulfide) groups is 1. The van der Waals surface area contributed by atoms with Crippen LogP contribution in [0.5, 0.6) is 0 Å². The van der Waals surface area contributed by atoms with E-state index in [0.29, 0.717) is 0 Å². The summed E-state index contributed by atoms with van der Waals surface area (Å²) < 4.78 is 0.225. The first-order valence-corrected chi connectivity index (χ1v) is 3.62. The molecule has 11 heavy (non-hydrogen) atoms. The van der Waals surface area contributed by atoms with Gasteiger partial charge in [0.1, 0.15) is 4.32 Å². The molecule has 0 heterocycles. The minimum absolute atomic E-state index is 0. The molecule has 0 amide bonds. The smallest absolute Gasteiger partial charge is 0.862 e. The maximum Gasteiger partial charge on any atom is 1.00 e. The Morgan fingerprint density at radius 2 is 2.36 bits per heavy atom. The zero-order chi connectivity index (χ0) is 7.98. The second kappa shape index (κ2) is 8.93. The molecule has 54 valence electrons. The van der Waals surface area contributed by atoms with E-state index >= 15 is 0 Å². The first-order valence-electron chi connectivity index (χ1n) is 2.23. The standard InChI is InChI=1S/C4H5N3OS2.K/c5-2-7-4(9)10-1-3(6)8;/h1H2,(H2,6,8)(H,7,9);/q;+1/p-1. The maximum atomic E-state index is 10.0. The van der Waals surface area contributed by atoms with E-state index in [0.717, 1.165) is 11.8 Å². The fourth-order valence-corrected chi connectivity index (χ4v) is 0.815. The van der Waals surface area contributed by atoms with Crippen molar-refractivity contribution in [2.45, 2.75) is 0 Å². The van der Waals surface area contributed by atoms with Crippen LogP contribution in [0.3, 0.4) is 0 Å². The summed E-state index contributed by atoms with van der Waals surface area (Å²) in [5.74, 6) is -0.708. The third-order valence-electron chi connectivity index (χ3n) is 0.492. The Balaban J connectivity index is 0. The number of rotatable bonds is 2. The van der Waals surface area contributed by atoms with E-state index in [1.165, 1.54) is 0 Å². The van der Waals surface area contributed by atoms with Crippen LogP contribution in [0.2, 0.25) is 0 Å². The van der Waals surface area contributed by atoms with Crippen molar-refractivity contribution >= 4 is 34.2 Å². The van der Waals surface area contributed by atoms with Gasteiger partial charge in [-0.2, -0.15) is 5.26 Å². The zero-order valence-electron chi connectivity index (χ0n) is 5.88. The van der Waals surface area contributed by atoms with Crippen LogP contribution in [-0.4, -0.2) is 16.0 Å². The molecule has 0 saturated heterocycles. The predicted octanol–water partition coefficient (Wildman–Crippen LogP) is -3.58. The number of nitrogens with zero attached hydrogens (tertiary/aromatic N) is 1. The number of nitriles is 1. The molecule has 2 N–H and O–H groups in total. The van der Waals surface area contributed by atoms with E-state index < -0.39 is 5.90 Å². The van der Waals surface area contributed by atoms with Gasteiger partial charge in [-0.05, 0) is 5.90 Å². The van der Waals surface area contributed by atoms with Crippen LogP contribution >= 0.6 is 24.0 Å². The Kier molecular flexibility index (Phi) is 11.7. The molecule has 0 aliphatic rings. The van der Waals surface area contributed by atoms with Crippen LogP contribution in [0.15, 0.2) is 0 Å². The predicted molar refractivity (Wildman–Crippen MR) is 41.5 cm³/mol. The van der Waals surface area contributed by atoms with Gasteiger partial charge in [0.15, 0.2) is 6.19 Å². The van der Waals surface area contributed by atoms with Gasteiger partial charge in [-0.25, -0.2) is 0 Å². The minimum atomic E-state index is -0.702. The second-order valence-corrected chi connectivity index (χ2v) is 2.89. The fourth-order valence-electron chi connectivity index (χ4n) is 0.213. The summed E-state index contributed by atoms with van der Waals surface area (Å²) in [4.78, 5) is 0. The van der Waals surface area contributed by atoms with Gasteiger partial charge in [0.2, 0.25) is 0 Å². The topological polar surface area (TPSA) is 82.7 Å². The summed E-state index contributed by atoms with van der Waals surface area (Å²) in [6.07, 6.45) is 1.61. The molecule has 0 saturated carbocycles. The Morgan fingerprint density at radius 1 is 1.82 bits per heavy atom. The van der Waals surface area contributed by atoms with Gasteiger partial charge >= 0.3 is 51.4 Å². The molecule has 0 aromatic heterocycles. The largest absolute Gasteiger partial charge is 1.00 e. The molecule has 4 nitrogen and oxygen atoms in total. The normalized spacial score (nSPS) is 7.18. The monoisotopic (exact) mass is 213 g/mol. The molecular weight excluding hydrogens is 209 g/mol. The Bertz CT molecular complexity index is 190. The van der Waals surface area contributed by atoms with Crippen LogP contribution < -0.4 is 61.8 Å². The molecule has 0 rings (SSSR count). The van der Waals surface area contributed by atoms with Crippen LogP contribution in [0, 0.1) is 16.9 Å². The van der Waals surface area contributed by atoms with E-state index in [1.54, 1.807) is 6.19 Å². The molecule has 0 bridgehead atoms. The first kappa shape index (κ1) is 14.4. The van der Waals surface area contributed by atoms with Crippen molar-refractivity contribution in [1.82, 2.24) is 5.32 Å². The van der Waals surface area contributed by atoms with E-state index in [-0.39, 0.29) is 61.5 Å². The molecule has 7 heteroatoms. The van der Waals surface area contributed by atoms with Gasteiger partial charge in [0.25, 0.3) is 0 Å². The third-order valence-corrected chi connectivity index (χ3v) is 1.72. The Morgan fingerprint density at radius 3 is 2.73 bits per heavy atom. The summed E-state index contributed by atoms with van der Waals surface area (Å²) in [5, 5.41) is 26.7. The van der Waals surface area contributed by atoms with Crippen LogP contribution in [0.4, 0.5) is 0 Å². The number of nitrogens with one attached hydrogen (secondary N) is 2. The molecular formula is C4H4KN3OS2. The van der Waals surface area contributed by atoms with Crippen LogP contribution in [0.1, 0.15) is 0 Å². The van der Waals surface area contributed by atoms with Crippen molar-refractivity contribution in [2.24, 2.45) is 0 Å². The quantitative estimate of drug-likeness (QED) is 0.124. The van der Waals surface area contributed by atoms with Gasteiger partial charge < -0.3 is 10.5 Å².